The van der Waals surface area contributed by atoms with Gasteiger partial charge in [-0.3, -0.25) is 4.79 Å². The van der Waals surface area contributed by atoms with Gasteiger partial charge in [0.2, 0.25) is 0 Å². The summed E-state index contributed by atoms with van der Waals surface area (Å²) < 4.78 is 5.97. The van der Waals surface area contributed by atoms with Crippen molar-refractivity contribution in [2.75, 3.05) is 13.7 Å². The number of ether oxygens (including phenoxy) is 1. The van der Waals surface area contributed by atoms with Crippen LogP contribution in [0.15, 0.2) is 22.7 Å². The van der Waals surface area contributed by atoms with E-state index >= 15 is 0 Å². The Hall–Kier alpha value is -0.740. The lowest BCUT2D eigenvalue weighted by atomic mass is 10.3. The van der Waals surface area contributed by atoms with Gasteiger partial charge in [-0.2, -0.15) is 0 Å². The van der Waals surface area contributed by atoms with Gasteiger partial charge in [0.05, 0.1) is 5.02 Å². The number of benzene rings is 1. The van der Waals surface area contributed by atoms with Crippen molar-refractivity contribution >= 4 is 33.4 Å². The molecule has 0 aliphatic carbocycles. The van der Waals surface area contributed by atoms with Crippen molar-refractivity contribution in [3.8, 4) is 5.75 Å². The summed E-state index contributed by atoms with van der Waals surface area (Å²) in [6.07, 6.45) is 0. The first-order chi connectivity index (χ1) is 6.63. The molecular weight excluding hydrogens is 269 g/mol. The molecular formula is C9H9BrClNO2. The minimum Gasteiger partial charge on any atom is -0.484 e. The minimum atomic E-state index is -0.177. The number of likely N-dealkylation sites (N-methyl/N-ethyl adjacent to an activating group) is 1. The highest BCUT2D eigenvalue weighted by molar-refractivity contribution is 9.10. The second-order valence-electron chi connectivity index (χ2n) is 2.54. The molecule has 0 heterocycles. The van der Waals surface area contributed by atoms with Gasteiger partial charge < -0.3 is 10.1 Å². The average Bonchev–Trinajstić information content (AvgIpc) is 2.19. The van der Waals surface area contributed by atoms with Crippen LogP contribution in [0.4, 0.5) is 0 Å². The molecule has 0 aromatic heterocycles. The van der Waals surface area contributed by atoms with Crippen molar-refractivity contribution in [1.82, 2.24) is 5.32 Å². The molecule has 0 saturated heterocycles. The molecule has 1 rings (SSSR count). The van der Waals surface area contributed by atoms with E-state index in [0.717, 1.165) is 4.47 Å². The fourth-order valence-electron chi connectivity index (χ4n) is 0.788. The predicted molar refractivity (Wildman–Crippen MR) is 58.7 cm³/mol. The van der Waals surface area contributed by atoms with Crippen molar-refractivity contribution in [3.05, 3.63) is 27.7 Å². The first kappa shape index (κ1) is 11.3. The van der Waals surface area contributed by atoms with E-state index in [1.54, 1.807) is 25.2 Å². The third kappa shape index (κ3) is 3.20. The van der Waals surface area contributed by atoms with Crippen molar-refractivity contribution in [2.24, 2.45) is 0 Å². The highest BCUT2D eigenvalue weighted by atomic mass is 79.9. The molecule has 1 amide bonds. The first-order valence-corrected chi connectivity index (χ1v) is 5.09. The molecule has 0 radical (unpaired) electrons. The minimum absolute atomic E-state index is 0.00549. The maximum atomic E-state index is 10.9. The largest absolute Gasteiger partial charge is 0.484 e. The third-order valence-corrected chi connectivity index (χ3v) is 2.77. The summed E-state index contributed by atoms with van der Waals surface area (Å²) in [6.45, 7) is -0.00549. The van der Waals surface area contributed by atoms with Crippen molar-refractivity contribution < 1.29 is 9.53 Å². The smallest absolute Gasteiger partial charge is 0.257 e. The lowest BCUT2D eigenvalue weighted by Crippen LogP contribution is -2.24. The van der Waals surface area contributed by atoms with E-state index in [0.29, 0.717) is 10.8 Å². The summed E-state index contributed by atoms with van der Waals surface area (Å²) in [5, 5.41) is 3.01. The molecule has 0 aliphatic rings. The van der Waals surface area contributed by atoms with E-state index in [2.05, 4.69) is 21.2 Å². The number of carbonyl (C=O) groups is 1. The fraction of sp³-hybridized carbons (Fsp3) is 0.222. The topological polar surface area (TPSA) is 38.3 Å². The van der Waals surface area contributed by atoms with Crippen molar-refractivity contribution in [1.29, 1.82) is 0 Å². The van der Waals surface area contributed by atoms with Crippen LogP contribution in [0.1, 0.15) is 0 Å². The molecule has 0 atom stereocenters. The van der Waals surface area contributed by atoms with E-state index < -0.39 is 0 Å². The van der Waals surface area contributed by atoms with Gasteiger partial charge in [-0.05, 0) is 34.1 Å². The lowest BCUT2D eigenvalue weighted by Gasteiger charge is -2.05. The molecule has 0 fully saturated rings. The number of amides is 1. The Kier molecular flexibility index (Phi) is 4.22. The van der Waals surface area contributed by atoms with Crippen LogP contribution < -0.4 is 10.1 Å². The van der Waals surface area contributed by atoms with Crippen LogP contribution in [0, 0.1) is 0 Å². The molecule has 1 aromatic carbocycles. The van der Waals surface area contributed by atoms with Crippen LogP contribution in [0.5, 0.6) is 5.75 Å². The van der Waals surface area contributed by atoms with Crippen LogP contribution in [-0.4, -0.2) is 19.6 Å². The van der Waals surface area contributed by atoms with Gasteiger partial charge in [-0.1, -0.05) is 11.6 Å². The Labute approximate surface area is 95.5 Å². The monoisotopic (exact) mass is 277 g/mol. The molecule has 5 heteroatoms. The highest BCUT2D eigenvalue weighted by Crippen LogP contribution is 2.26. The second kappa shape index (κ2) is 5.22. The second-order valence-corrected chi connectivity index (χ2v) is 3.80. The third-order valence-electron chi connectivity index (χ3n) is 1.54. The van der Waals surface area contributed by atoms with Gasteiger partial charge >= 0.3 is 0 Å². The molecule has 1 aromatic rings. The van der Waals surface area contributed by atoms with E-state index in [1.165, 1.54) is 0 Å². The fourth-order valence-corrected chi connectivity index (χ4v) is 1.20. The predicted octanol–water partition coefficient (Wildman–Crippen LogP) is 2.23. The lowest BCUT2D eigenvalue weighted by molar-refractivity contribution is -0.122. The van der Waals surface area contributed by atoms with Gasteiger partial charge in [-0.15, -0.1) is 0 Å². The Morgan fingerprint density at radius 3 is 2.93 bits per heavy atom. The van der Waals surface area contributed by atoms with Crippen LogP contribution in [0.3, 0.4) is 0 Å². The van der Waals surface area contributed by atoms with Gasteiger partial charge in [0.1, 0.15) is 5.75 Å². The van der Waals surface area contributed by atoms with Gasteiger partial charge in [0, 0.05) is 11.5 Å². The maximum Gasteiger partial charge on any atom is 0.257 e. The Balaban J connectivity index is 2.60. The van der Waals surface area contributed by atoms with E-state index in [1.807, 2.05) is 0 Å². The number of halogens is 2. The normalized spacial score (nSPS) is 9.64. The summed E-state index contributed by atoms with van der Waals surface area (Å²) >= 11 is 9.09. The number of hydrogen-bond donors (Lipinski definition) is 1. The summed E-state index contributed by atoms with van der Waals surface area (Å²) in [4.78, 5) is 10.9. The number of rotatable bonds is 3. The van der Waals surface area contributed by atoms with E-state index in [9.17, 15) is 4.79 Å². The van der Waals surface area contributed by atoms with Crippen LogP contribution in [-0.2, 0) is 4.79 Å². The average molecular weight is 279 g/mol. The maximum absolute atomic E-state index is 10.9. The number of hydrogen-bond acceptors (Lipinski definition) is 2. The van der Waals surface area contributed by atoms with Gasteiger partial charge in [0.15, 0.2) is 6.61 Å². The molecule has 0 saturated carbocycles. The number of nitrogens with one attached hydrogen (secondary N) is 1. The Morgan fingerprint density at radius 1 is 1.64 bits per heavy atom. The summed E-state index contributed by atoms with van der Waals surface area (Å²) in [7, 11) is 1.56. The quantitative estimate of drug-likeness (QED) is 0.921. The van der Waals surface area contributed by atoms with Crippen molar-refractivity contribution in [2.45, 2.75) is 0 Å². The Morgan fingerprint density at radius 2 is 2.36 bits per heavy atom. The molecule has 76 valence electrons. The zero-order valence-corrected chi connectivity index (χ0v) is 9.85. The van der Waals surface area contributed by atoms with Gasteiger partial charge in [0.25, 0.3) is 5.91 Å². The van der Waals surface area contributed by atoms with Crippen LogP contribution in [0.25, 0.3) is 0 Å². The van der Waals surface area contributed by atoms with Gasteiger partial charge in [-0.25, -0.2) is 0 Å². The van der Waals surface area contributed by atoms with Crippen LogP contribution >= 0.6 is 27.5 Å². The molecule has 0 aliphatic heterocycles. The SMILES string of the molecule is CNC(=O)COc1ccc(Br)c(Cl)c1. The highest BCUT2D eigenvalue weighted by Gasteiger charge is 2.02. The molecule has 0 bridgehead atoms. The molecule has 3 nitrogen and oxygen atoms in total. The van der Waals surface area contributed by atoms with E-state index in [4.69, 9.17) is 16.3 Å². The first-order valence-electron chi connectivity index (χ1n) is 3.92. The summed E-state index contributed by atoms with van der Waals surface area (Å²) in [6, 6.07) is 5.15. The summed E-state index contributed by atoms with van der Waals surface area (Å²) in [5.74, 6) is 0.394. The standard InChI is InChI=1S/C9H9BrClNO2/c1-12-9(13)5-14-6-2-3-7(10)8(11)4-6/h2-4H,5H2,1H3,(H,12,13). The zero-order chi connectivity index (χ0) is 10.6. The van der Waals surface area contributed by atoms with E-state index in [-0.39, 0.29) is 12.5 Å². The van der Waals surface area contributed by atoms with Crippen molar-refractivity contribution in [3.63, 3.8) is 0 Å². The van der Waals surface area contributed by atoms with Crippen LogP contribution in [0.2, 0.25) is 5.02 Å². The molecule has 1 N–H and O–H groups in total. The Bertz CT molecular complexity index is 344. The molecule has 14 heavy (non-hydrogen) atoms. The zero-order valence-electron chi connectivity index (χ0n) is 7.51. The molecule has 0 unspecified atom stereocenters. The summed E-state index contributed by atoms with van der Waals surface area (Å²) in [5.41, 5.74) is 0. The molecule has 0 spiro atoms. The number of carbonyl (C=O) groups excluding carboxylic acids is 1.